The smallest absolute Gasteiger partial charge is 0.389 e. The van der Waals surface area contributed by atoms with E-state index in [2.05, 4.69) is 17.3 Å². The molecule has 0 aliphatic rings. The van der Waals surface area contributed by atoms with Crippen molar-refractivity contribution in [1.82, 2.24) is 9.78 Å². The molecule has 1 aromatic heterocycles. The third-order valence-corrected chi connectivity index (χ3v) is 2.65. The lowest BCUT2D eigenvalue weighted by molar-refractivity contribution is -0.141. The van der Waals surface area contributed by atoms with Crippen LogP contribution in [0, 0.1) is 11.6 Å². The Morgan fingerprint density at radius 3 is 2.15 bits per heavy atom. The van der Waals surface area contributed by atoms with Gasteiger partial charge in [-0.2, -0.15) is 18.3 Å². The quantitative estimate of drug-likeness (QED) is 0.685. The first-order valence-corrected chi connectivity index (χ1v) is 5.53. The normalized spacial score (nSPS) is 11.7. The molecule has 2 N–H and O–H groups in total. The van der Waals surface area contributed by atoms with E-state index in [4.69, 9.17) is 5.73 Å². The predicted molar refractivity (Wildman–Crippen MR) is 64.4 cm³/mol. The van der Waals surface area contributed by atoms with E-state index in [-0.39, 0.29) is 10.6 Å². The zero-order valence-corrected chi connectivity index (χ0v) is 10.4. The molecule has 2 rings (SSSR count). The van der Waals surface area contributed by atoms with E-state index in [1.807, 2.05) is 0 Å². The van der Waals surface area contributed by atoms with Crippen molar-refractivity contribution in [1.29, 1.82) is 0 Å². The third kappa shape index (κ3) is 2.62. The summed E-state index contributed by atoms with van der Waals surface area (Å²) < 4.78 is 65.2. The minimum atomic E-state index is -4.70. The molecule has 1 heterocycles. The van der Waals surface area contributed by atoms with Crippen molar-refractivity contribution in [3.05, 3.63) is 47.3 Å². The fourth-order valence-corrected chi connectivity index (χ4v) is 1.64. The van der Waals surface area contributed by atoms with Crippen molar-refractivity contribution >= 4 is 17.2 Å². The van der Waals surface area contributed by atoms with Gasteiger partial charge in [-0.05, 0) is 18.2 Å². The molecular formula is C11H6F5N3S. The van der Waals surface area contributed by atoms with E-state index in [0.29, 0.717) is 10.7 Å². The van der Waals surface area contributed by atoms with Gasteiger partial charge in [0.25, 0.3) is 0 Å². The van der Waals surface area contributed by atoms with Crippen LogP contribution < -0.4 is 5.73 Å². The van der Waals surface area contributed by atoms with Crippen molar-refractivity contribution in [2.75, 3.05) is 0 Å². The average Bonchev–Trinajstić information content (AvgIpc) is 2.76. The maximum Gasteiger partial charge on any atom is 0.435 e. The second kappa shape index (κ2) is 4.82. The van der Waals surface area contributed by atoms with Gasteiger partial charge in [0.15, 0.2) is 17.3 Å². The summed E-state index contributed by atoms with van der Waals surface area (Å²) in [5, 5.41) is 3.10. The Labute approximate surface area is 114 Å². The molecule has 1 aromatic carbocycles. The summed E-state index contributed by atoms with van der Waals surface area (Å²) in [5.74, 6) is -2.24. The summed E-state index contributed by atoms with van der Waals surface area (Å²) in [6.45, 7) is 0. The predicted octanol–water partition coefficient (Wildman–Crippen LogP) is 2.80. The fourth-order valence-electron chi connectivity index (χ4n) is 1.53. The van der Waals surface area contributed by atoms with Gasteiger partial charge in [0.1, 0.15) is 10.7 Å². The van der Waals surface area contributed by atoms with E-state index < -0.39 is 29.2 Å². The first kappa shape index (κ1) is 14.4. The highest BCUT2D eigenvalue weighted by Gasteiger charge is 2.34. The van der Waals surface area contributed by atoms with Crippen molar-refractivity contribution in [2.24, 2.45) is 5.73 Å². The lowest BCUT2D eigenvalue weighted by Crippen LogP contribution is -2.13. The average molecular weight is 307 g/mol. The number of thiocarbonyl (C=S) groups is 1. The second-order valence-electron chi connectivity index (χ2n) is 3.80. The third-order valence-electron chi connectivity index (χ3n) is 2.41. The Morgan fingerprint density at radius 2 is 1.75 bits per heavy atom. The number of aromatic nitrogens is 2. The number of rotatable bonds is 2. The lowest BCUT2D eigenvalue weighted by Gasteiger charge is -2.08. The van der Waals surface area contributed by atoms with Crippen molar-refractivity contribution in [2.45, 2.75) is 6.18 Å². The number of hydrogen-bond donors (Lipinski definition) is 1. The van der Waals surface area contributed by atoms with E-state index in [1.54, 1.807) is 0 Å². The van der Waals surface area contributed by atoms with Gasteiger partial charge in [-0.25, -0.2) is 13.5 Å². The second-order valence-corrected chi connectivity index (χ2v) is 4.24. The van der Waals surface area contributed by atoms with Gasteiger partial charge in [-0.1, -0.05) is 12.2 Å². The summed E-state index contributed by atoms with van der Waals surface area (Å²) in [4.78, 5) is -0.231. The minimum absolute atomic E-state index is 0.0676. The van der Waals surface area contributed by atoms with Crippen LogP contribution in [0.25, 0.3) is 5.69 Å². The molecule has 0 saturated carbocycles. The van der Waals surface area contributed by atoms with Gasteiger partial charge in [0, 0.05) is 11.8 Å². The van der Waals surface area contributed by atoms with Crippen LogP contribution in [0.1, 0.15) is 11.3 Å². The number of alkyl halides is 3. The van der Waals surface area contributed by atoms with Crippen LogP contribution in [-0.2, 0) is 6.18 Å². The summed E-state index contributed by atoms with van der Waals surface area (Å²) in [5.41, 5.74) is 3.17. The molecule has 106 valence electrons. The summed E-state index contributed by atoms with van der Waals surface area (Å²) in [6, 6.07) is 2.27. The van der Waals surface area contributed by atoms with Crippen LogP contribution in [0.3, 0.4) is 0 Å². The number of halogens is 5. The lowest BCUT2D eigenvalue weighted by atomic mass is 10.2. The molecule has 0 fully saturated rings. The van der Waals surface area contributed by atoms with Crippen LogP contribution in [0.4, 0.5) is 22.0 Å². The monoisotopic (exact) mass is 307 g/mol. The molecule has 9 heteroatoms. The van der Waals surface area contributed by atoms with Gasteiger partial charge in [-0.3, -0.25) is 0 Å². The van der Waals surface area contributed by atoms with Crippen LogP contribution in [-0.4, -0.2) is 14.8 Å². The molecule has 0 radical (unpaired) electrons. The molecule has 0 unspecified atom stereocenters. The zero-order valence-electron chi connectivity index (χ0n) is 9.58. The van der Waals surface area contributed by atoms with Crippen LogP contribution in [0.15, 0.2) is 24.4 Å². The fraction of sp³-hybridized carbons (Fsp3) is 0.0909. The van der Waals surface area contributed by atoms with E-state index in [0.717, 1.165) is 18.3 Å². The van der Waals surface area contributed by atoms with Crippen molar-refractivity contribution < 1.29 is 22.0 Å². The maximum absolute atomic E-state index is 13.8. The van der Waals surface area contributed by atoms with Crippen molar-refractivity contribution in [3.8, 4) is 5.69 Å². The molecule has 0 aliphatic carbocycles. The van der Waals surface area contributed by atoms with Crippen LogP contribution in [0.5, 0.6) is 0 Å². The molecule has 20 heavy (non-hydrogen) atoms. The largest absolute Gasteiger partial charge is 0.435 e. The number of benzene rings is 1. The molecule has 0 spiro atoms. The first-order valence-electron chi connectivity index (χ1n) is 5.12. The molecule has 0 atom stereocenters. The standard InChI is InChI=1S/C11H6F5N3S/c12-6-3-5(10(17)20)4-7(13)9(6)19-2-1-8(18-19)11(14,15)16/h1-4H,(H2,17,20). The Balaban J connectivity index is 2.53. The summed E-state index contributed by atoms with van der Waals surface area (Å²) in [6.07, 6.45) is -3.89. The molecule has 0 saturated heterocycles. The minimum Gasteiger partial charge on any atom is -0.389 e. The summed E-state index contributed by atoms with van der Waals surface area (Å²) in [7, 11) is 0. The molecule has 0 bridgehead atoms. The number of nitrogens with two attached hydrogens (primary N) is 1. The Hall–Kier alpha value is -2.03. The van der Waals surface area contributed by atoms with Gasteiger partial charge in [0.05, 0.1) is 0 Å². The number of nitrogens with zero attached hydrogens (tertiary/aromatic N) is 2. The van der Waals surface area contributed by atoms with E-state index in [1.165, 1.54) is 0 Å². The van der Waals surface area contributed by atoms with Crippen LogP contribution >= 0.6 is 12.2 Å². The maximum atomic E-state index is 13.8. The Bertz CT molecular complexity index is 654. The van der Waals surface area contributed by atoms with Gasteiger partial charge in [0.2, 0.25) is 0 Å². The topological polar surface area (TPSA) is 43.8 Å². The summed E-state index contributed by atoms with van der Waals surface area (Å²) >= 11 is 4.57. The number of hydrogen-bond acceptors (Lipinski definition) is 2. The zero-order chi connectivity index (χ0) is 15.1. The Kier molecular flexibility index (Phi) is 3.46. The van der Waals surface area contributed by atoms with Gasteiger partial charge in [-0.15, -0.1) is 0 Å². The van der Waals surface area contributed by atoms with Crippen LogP contribution in [0.2, 0.25) is 0 Å². The molecular weight excluding hydrogens is 301 g/mol. The molecule has 2 aromatic rings. The van der Waals surface area contributed by atoms with E-state index in [9.17, 15) is 22.0 Å². The molecule has 0 aliphatic heterocycles. The highest BCUT2D eigenvalue weighted by atomic mass is 32.1. The SMILES string of the molecule is NC(=S)c1cc(F)c(-n2ccc(C(F)(F)F)n2)c(F)c1. The Morgan fingerprint density at radius 1 is 1.20 bits per heavy atom. The van der Waals surface area contributed by atoms with Crippen molar-refractivity contribution in [3.63, 3.8) is 0 Å². The first-order chi connectivity index (χ1) is 9.20. The molecule has 3 nitrogen and oxygen atoms in total. The van der Waals surface area contributed by atoms with Gasteiger partial charge >= 0.3 is 6.18 Å². The van der Waals surface area contributed by atoms with Gasteiger partial charge < -0.3 is 5.73 Å². The van der Waals surface area contributed by atoms with E-state index >= 15 is 0 Å². The highest BCUT2D eigenvalue weighted by Crippen LogP contribution is 2.28. The highest BCUT2D eigenvalue weighted by molar-refractivity contribution is 7.80. The molecule has 0 amide bonds.